The lowest BCUT2D eigenvalue weighted by Gasteiger charge is -2.12. The molecule has 0 unspecified atom stereocenters. The molecule has 0 aliphatic carbocycles. The Hall–Kier alpha value is -2.17. The van der Waals surface area contributed by atoms with Gasteiger partial charge in [0.2, 0.25) is 0 Å². The molecule has 132 valence electrons. The van der Waals surface area contributed by atoms with E-state index in [-0.39, 0.29) is 29.7 Å². The van der Waals surface area contributed by atoms with Crippen molar-refractivity contribution in [2.24, 2.45) is 0 Å². The van der Waals surface area contributed by atoms with Gasteiger partial charge in [-0.2, -0.15) is 0 Å². The van der Waals surface area contributed by atoms with Crippen LogP contribution >= 0.6 is 0 Å². The molecule has 0 heterocycles. The van der Waals surface area contributed by atoms with Crippen LogP contribution in [0.1, 0.15) is 76.1 Å². The molecule has 0 aliphatic rings. The molecule has 0 aliphatic heterocycles. The van der Waals surface area contributed by atoms with E-state index >= 15 is 0 Å². The van der Waals surface area contributed by atoms with E-state index in [9.17, 15) is 14.4 Å². The standard InChI is InChI=1S/C19H26O5/c1-4-7-9-18(21)23-16-12-11-14(15(20)6-3)13-17(16)24-19(22)10-8-5-2/h11-13H,4-10H2,1-3H3. The van der Waals surface area contributed by atoms with Gasteiger partial charge in [0.1, 0.15) is 0 Å². The van der Waals surface area contributed by atoms with Crippen LogP contribution in [0.4, 0.5) is 0 Å². The Bertz CT molecular complexity index is 577. The van der Waals surface area contributed by atoms with Crippen LogP contribution in [0.3, 0.4) is 0 Å². The van der Waals surface area contributed by atoms with Crippen LogP contribution in [0.2, 0.25) is 0 Å². The molecular weight excluding hydrogens is 308 g/mol. The minimum Gasteiger partial charge on any atom is -0.423 e. The van der Waals surface area contributed by atoms with Crippen LogP contribution in [0.25, 0.3) is 0 Å². The summed E-state index contributed by atoms with van der Waals surface area (Å²) in [6.45, 7) is 5.72. The van der Waals surface area contributed by atoms with Crippen molar-refractivity contribution in [3.8, 4) is 11.5 Å². The van der Waals surface area contributed by atoms with Gasteiger partial charge in [-0.15, -0.1) is 0 Å². The van der Waals surface area contributed by atoms with E-state index < -0.39 is 5.97 Å². The van der Waals surface area contributed by atoms with E-state index in [0.29, 0.717) is 18.4 Å². The number of Topliss-reactive ketones (excluding diaryl/α,β-unsaturated/α-hetero) is 1. The number of hydrogen-bond acceptors (Lipinski definition) is 5. The molecule has 0 N–H and O–H groups in total. The Morgan fingerprint density at radius 3 is 1.88 bits per heavy atom. The van der Waals surface area contributed by atoms with Crippen LogP contribution in [0, 0.1) is 0 Å². The second-order valence-corrected chi connectivity index (χ2v) is 5.59. The summed E-state index contributed by atoms with van der Waals surface area (Å²) in [5.74, 6) is -0.542. The van der Waals surface area contributed by atoms with Gasteiger partial charge in [0.25, 0.3) is 0 Å². The first-order valence-electron chi connectivity index (χ1n) is 8.60. The van der Waals surface area contributed by atoms with Gasteiger partial charge in [-0.25, -0.2) is 0 Å². The fraction of sp³-hybridized carbons (Fsp3) is 0.526. The van der Waals surface area contributed by atoms with E-state index in [1.165, 1.54) is 12.1 Å². The smallest absolute Gasteiger partial charge is 0.311 e. The first kappa shape index (κ1) is 19.9. The van der Waals surface area contributed by atoms with Gasteiger partial charge >= 0.3 is 11.9 Å². The van der Waals surface area contributed by atoms with E-state index in [2.05, 4.69) is 0 Å². The average molecular weight is 334 g/mol. The summed E-state index contributed by atoms with van der Waals surface area (Å²) in [5.41, 5.74) is 0.434. The maximum Gasteiger partial charge on any atom is 0.311 e. The molecule has 0 atom stereocenters. The molecule has 0 amide bonds. The summed E-state index contributed by atoms with van der Waals surface area (Å²) in [4.78, 5) is 35.6. The van der Waals surface area contributed by atoms with E-state index in [4.69, 9.17) is 9.47 Å². The Labute approximate surface area is 143 Å². The number of ketones is 1. The SMILES string of the molecule is CCCCC(=O)Oc1ccc(C(=O)CC)cc1OC(=O)CCCC. The Morgan fingerprint density at radius 1 is 0.833 bits per heavy atom. The van der Waals surface area contributed by atoms with Crippen molar-refractivity contribution in [3.05, 3.63) is 23.8 Å². The molecule has 1 rings (SSSR count). The molecule has 5 heteroatoms. The Balaban J connectivity index is 2.96. The van der Waals surface area contributed by atoms with Gasteiger partial charge in [-0.1, -0.05) is 33.6 Å². The summed E-state index contributed by atoms with van der Waals surface area (Å²) in [6.07, 6.45) is 4.15. The molecule has 0 bridgehead atoms. The lowest BCUT2D eigenvalue weighted by atomic mass is 10.1. The predicted octanol–water partition coefficient (Wildman–Crippen LogP) is 4.47. The monoisotopic (exact) mass is 334 g/mol. The third-order valence-corrected chi connectivity index (χ3v) is 3.50. The number of carbonyl (C=O) groups is 3. The molecule has 5 nitrogen and oxygen atoms in total. The molecule has 0 aromatic heterocycles. The Kier molecular flexibility index (Phi) is 8.76. The van der Waals surface area contributed by atoms with Crippen LogP contribution in [-0.4, -0.2) is 17.7 Å². The molecule has 0 saturated carbocycles. The van der Waals surface area contributed by atoms with Crippen molar-refractivity contribution in [2.45, 2.75) is 65.7 Å². The van der Waals surface area contributed by atoms with Crippen LogP contribution in [0.15, 0.2) is 18.2 Å². The number of benzene rings is 1. The van der Waals surface area contributed by atoms with E-state index in [1.54, 1.807) is 13.0 Å². The number of unbranched alkanes of at least 4 members (excludes halogenated alkanes) is 2. The summed E-state index contributed by atoms with van der Waals surface area (Å²) in [7, 11) is 0. The molecular formula is C19H26O5. The third-order valence-electron chi connectivity index (χ3n) is 3.50. The predicted molar refractivity (Wildman–Crippen MR) is 91.4 cm³/mol. The number of hydrogen-bond donors (Lipinski definition) is 0. The molecule has 0 spiro atoms. The summed E-state index contributed by atoms with van der Waals surface area (Å²) in [5, 5.41) is 0. The van der Waals surface area contributed by atoms with Crippen molar-refractivity contribution >= 4 is 17.7 Å². The van der Waals surface area contributed by atoms with Crippen LogP contribution in [-0.2, 0) is 9.59 Å². The van der Waals surface area contributed by atoms with Crippen LogP contribution < -0.4 is 9.47 Å². The molecule has 0 radical (unpaired) electrons. The molecule has 0 saturated heterocycles. The molecule has 1 aromatic rings. The van der Waals surface area contributed by atoms with Crippen molar-refractivity contribution in [1.29, 1.82) is 0 Å². The topological polar surface area (TPSA) is 69.7 Å². The fourth-order valence-corrected chi connectivity index (χ4v) is 2.04. The van der Waals surface area contributed by atoms with Gasteiger partial charge in [-0.3, -0.25) is 14.4 Å². The Morgan fingerprint density at radius 2 is 1.38 bits per heavy atom. The normalized spacial score (nSPS) is 10.3. The lowest BCUT2D eigenvalue weighted by Crippen LogP contribution is -2.12. The molecule has 24 heavy (non-hydrogen) atoms. The van der Waals surface area contributed by atoms with Gasteiger partial charge < -0.3 is 9.47 Å². The highest BCUT2D eigenvalue weighted by molar-refractivity contribution is 5.96. The third kappa shape index (κ3) is 6.52. The average Bonchev–Trinajstić information content (AvgIpc) is 2.58. The highest BCUT2D eigenvalue weighted by atomic mass is 16.6. The van der Waals surface area contributed by atoms with E-state index in [0.717, 1.165) is 25.7 Å². The summed E-state index contributed by atoms with van der Waals surface area (Å²) < 4.78 is 10.6. The summed E-state index contributed by atoms with van der Waals surface area (Å²) in [6, 6.07) is 4.56. The van der Waals surface area contributed by atoms with Gasteiger partial charge in [-0.05, 0) is 31.0 Å². The first-order valence-corrected chi connectivity index (χ1v) is 8.60. The number of esters is 2. The molecule has 1 aromatic carbocycles. The minimum atomic E-state index is -0.399. The minimum absolute atomic E-state index is 0.0651. The largest absolute Gasteiger partial charge is 0.423 e. The molecule has 0 fully saturated rings. The highest BCUT2D eigenvalue weighted by Gasteiger charge is 2.16. The zero-order valence-electron chi connectivity index (χ0n) is 14.7. The fourth-order valence-electron chi connectivity index (χ4n) is 2.04. The number of ether oxygens (including phenoxy) is 2. The zero-order valence-corrected chi connectivity index (χ0v) is 14.7. The van der Waals surface area contributed by atoms with Crippen molar-refractivity contribution in [2.75, 3.05) is 0 Å². The summed E-state index contributed by atoms with van der Waals surface area (Å²) >= 11 is 0. The second kappa shape index (κ2) is 10.6. The van der Waals surface area contributed by atoms with Gasteiger partial charge in [0.05, 0.1) is 0 Å². The van der Waals surface area contributed by atoms with Crippen molar-refractivity contribution in [1.82, 2.24) is 0 Å². The maximum absolute atomic E-state index is 11.9. The number of rotatable bonds is 10. The van der Waals surface area contributed by atoms with Crippen molar-refractivity contribution < 1.29 is 23.9 Å². The van der Waals surface area contributed by atoms with Crippen LogP contribution in [0.5, 0.6) is 11.5 Å². The lowest BCUT2D eigenvalue weighted by molar-refractivity contribution is -0.137. The highest BCUT2D eigenvalue weighted by Crippen LogP contribution is 2.30. The maximum atomic E-state index is 11.9. The quantitative estimate of drug-likeness (QED) is 0.359. The second-order valence-electron chi connectivity index (χ2n) is 5.59. The zero-order chi connectivity index (χ0) is 17.9. The van der Waals surface area contributed by atoms with Gasteiger partial charge in [0, 0.05) is 24.8 Å². The van der Waals surface area contributed by atoms with Crippen molar-refractivity contribution in [3.63, 3.8) is 0 Å². The van der Waals surface area contributed by atoms with E-state index in [1.807, 2.05) is 13.8 Å². The first-order chi connectivity index (χ1) is 11.5. The van der Waals surface area contributed by atoms with Gasteiger partial charge in [0.15, 0.2) is 17.3 Å². The number of carbonyl (C=O) groups excluding carboxylic acids is 3.